The first-order chi connectivity index (χ1) is 15.1. The molecule has 1 aliphatic heterocycles. The van der Waals surface area contributed by atoms with E-state index < -0.39 is 27.0 Å². The molecule has 3 aromatic carbocycles. The Bertz CT molecular complexity index is 1300. The number of hydrogen-bond acceptors (Lipinski definition) is 4. The molecule has 3 aromatic rings. The summed E-state index contributed by atoms with van der Waals surface area (Å²) < 4.78 is 83.3. The number of aliphatic imine (C=N–C) groups is 1. The Labute approximate surface area is 181 Å². The van der Waals surface area contributed by atoms with Crippen LogP contribution in [-0.2, 0) is 16.4 Å². The summed E-state index contributed by atoms with van der Waals surface area (Å²) in [5, 5.41) is 0. The molecule has 0 bridgehead atoms. The molecular weight excluding hydrogens is 448 g/mol. The number of fused-ring (bicyclic) bond motifs is 1. The standard InChI is InChI=1S/C22H16F4N2O3S/c23-16-8-9-18-14(12-16)10-11-27-21(18)15-4-3-5-17(13-15)28-32(29,30)20-7-2-1-6-19(20)31-22(24,25)26/h1-9,12-13,28H,10-11H2. The van der Waals surface area contributed by atoms with E-state index in [0.29, 0.717) is 24.2 Å². The summed E-state index contributed by atoms with van der Waals surface area (Å²) in [4.78, 5) is 3.84. The van der Waals surface area contributed by atoms with Gasteiger partial charge in [0, 0.05) is 23.4 Å². The summed E-state index contributed by atoms with van der Waals surface area (Å²) in [6.45, 7) is 0.448. The number of rotatable bonds is 5. The van der Waals surface area contributed by atoms with Crippen LogP contribution in [-0.4, -0.2) is 27.0 Å². The largest absolute Gasteiger partial charge is 0.573 e. The van der Waals surface area contributed by atoms with Crippen molar-refractivity contribution in [1.29, 1.82) is 0 Å². The van der Waals surface area contributed by atoms with E-state index >= 15 is 0 Å². The first kappa shape index (κ1) is 21.8. The van der Waals surface area contributed by atoms with Crippen molar-refractivity contribution in [3.8, 4) is 5.75 Å². The average Bonchev–Trinajstić information content (AvgIpc) is 2.72. The van der Waals surface area contributed by atoms with Crippen LogP contribution in [0.15, 0.2) is 76.6 Å². The molecule has 0 fully saturated rings. The van der Waals surface area contributed by atoms with Gasteiger partial charge in [0.2, 0.25) is 0 Å². The van der Waals surface area contributed by atoms with Gasteiger partial charge in [-0.3, -0.25) is 9.71 Å². The predicted octanol–water partition coefficient (Wildman–Crippen LogP) is 4.92. The molecule has 4 rings (SSSR count). The number of para-hydroxylation sites is 1. The summed E-state index contributed by atoms with van der Waals surface area (Å²) in [6, 6.07) is 15.1. The van der Waals surface area contributed by atoms with Gasteiger partial charge in [-0.05, 0) is 54.4 Å². The second kappa shape index (κ2) is 8.27. The topological polar surface area (TPSA) is 67.8 Å². The minimum absolute atomic E-state index is 0.126. The van der Waals surface area contributed by atoms with E-state index in [2.05, 4.69) is 14.5 Å². The molecular formula is C22H16F4N2O3S. The van der Waals surface area contributed by atoms with Gasteiger partial charge in [0.1, 0.15) is 16.5 Å². The van der Waals surface area contributed by atoms with Crippen molar-refractivity contribution in [1.82, 2.24) is 0 Å². The van der Waals surface area contributed by atoms with Crippen molar-refractivity contribution in [2.24, 2.45) is 4.99 Å². The molecule has 10 heteroatoms. The summed E-state index contributed by atoms with van der Waals surface area (Å²) in [7, 11) is -4.39. The van der Waals surface area contributed by atoms with Crippen LogP contribution < -0.4 is 9.46 Å². The van der Waals surface area contributed by atoms with Gasteiger partial charge in [0.05, 0.1) is 5.71 Å². The molecule has 0 radical (unpaired) electrons. The number of sulfonamides is 1. The lowest BCUT2D eigenvalue weighted by molar-refractivity contribution is -0.275. The van der Waals surface area contributed by atoms with Gasteiger partial charge < -0.3 is 4.74 Å². The Morgan fingerprint density at radius 2 is 1.75 bits per heavy atom. The highest BCUT2D eigenvalue weighted by Crippen LogP contribution is 2.31. The number of halogens is 4. The average molecular weight is 464 g/mol. The highest BCUT2D eigenvalue weighted by atomic mass is 32.2. The van der Waals surface area contributed by atoms with E-state index in [1.165, 1.54) is 36.4 Å². The van der Waals surface area contributed by atoms with E-state index in [1.807, 2.05) is 0 Å². The first-order valence-electron chi connectivity index (χ1n) is 9.44. The highest BCUT2D eigenvalue weighted by molar-refractivity contribution is 7.92. The zero-order chi connectivity index (χ0) is 22.9. The summed E-state index contributed by atoms with van der Waals surface area (Å²) in [5.41, 5.74) is 2.81. The van der Waals surface area contributed by atoms with Crippen molar-refractivity contribution >= 4 is 21.4 Å². The quantitative estimate of drug-likeness (QED) is 0.545. The fraction of sp³-hybridized carbons (Fsp3) is 0.136. The minimum Gasteiger partial charge on any atom is -0.404 e. The number of alkyl halides is 3. The number of hydrogen-bond donors (Lipinski definition) is 1. The molecule has 0 spiro atoms. The van der Waals surface area contributed by atoms with Gasteiger partial charge >= 0.3 is 6.36 Å². The molecule has 1 N–H and O–H groups in total. The van der Waals surface area contributed by atoms with Crippen molar-refractivity contribution in [2.75, 3.05) is 11.3 Å². The van der Waals surface area contributed by atoms with Crippen LogP contribution in [0.2, 0.25) is 0 Å². The SMILES string of the molecule is O=S(=O)(Nc1cccc(C2=NCCc3cc(F)ccc32)c1)c1ccccc1OC(F)(F)F. The Morgan fingerprint density at radius 1 is 0.969 bits per heavy atom. The Morgan fingerprint density at radius 3 is 2.53 bits per heavy atom. The van der Waals surface area contributed by atoms with Gasteiger partial charge in [-0.15, -0.1) is 13.2 Å². The Hall–Kier alpha value is -3.40. The van der Waals surface area contributed by atoms with Crippen molar-refractivity contribution < 1.29 is 30.7 Å². The first-order valence-corrected chi connectivity index (χ1v) is 10.9. The van der Waals surface area contributed by atoms with E-state index in [4.69, 9.17) is 0 Å². The van der Waals surface area contributed by atoms with Gasteiger partial charge in [-0.25, -0.2) is 12.8 Å². The fourth-order valence-corrected chi connectivity index (χ4v) is 4.62. The third-order valence-corrected chi connectivity index (χ3v) is 6.15. The molecule has 0 aliphatic carbocycles. The molecule has 0 amide bonds. The van der Waals surface area contributed by atoms with Crippen LogP contribution in [0.25, 0.3) is 0 Å². The van der Waals surface area contributed by atoms with E-state index in [9.17, 15) is 26.0 Å². The molecule has 0 saturated carbocycles. The van der Waals surface area contributed by atoms with Crippen LogP contribution in [0.5, 0.6) is 5.75 Å². The van der Waals surface area contributed by atoms with Gasteiger partial charge in [-0.2, -0.15) is 0 Å². The number of ether oxygens (including phenoxy) is 1. The van der Waals surface area contributed by atoms with Crippen molar-refractivity contribution in [3.05, 3.63) is 89.2 Å². The molecule has 32 heavy (non-hydrogen) atoms. The van der Waals surface area contributed by atoms with Crippen LogP contribution in [0, 0.1) is 5.82 Å². The normalized spacial score (nSPS) is 13.8. The Kier molecular flexibility index (Phi) is 5.64. The maximum atomic E-state index is 13.6. The van der Waals surface area contributed by atoms with E-state index in [-0.39, 0.29) is 11.5 Å². The zero-order valence-corrected chi connectivity index (χ0v) is 17.2. The summed E-state index contributed by atoms with van der Waals surface area (Å²) in [6.07, 6.45) is -4.46. The maximum Gasteiger partial charge on any atom is 0.573 e. The molecule has 0 atom stereocenters. The lowest BCUT2D eigenvalue weighted by Gasteiger charge is -2.18. The summed E-state index contributed by atoms with van der Waals surface area (Å²) >= 11 is 0. The number of nitrogens with zero attached hydrogens (tertiary/aromatic N) is 1. The Balaban J connectivity index is 1.66. The molecule has 1 heterocycles. The smallest absolute Gasteiger partial charge is 0.404 e. The summed E-state index contributed by atoms with van der Waals surface area (Å²) in [5.74, 6) is -1.19. The van der Waals surface area contributed by atoms with Crippen LogP contribution in [0.1, 0.15) is 16.7 Å². The molecule has 0 saturated heterocycles. The molecule has 1 aliphatic rings. The molecule has 0 aromatic heterocycles. The number of benzene rings is 3. The third kappa shape index (κ3) is 4.75. The molecule has 5 nitrogen and oxygen atoms in total. The lowest BCUT2D eigenvalue weighted by Crippen LogP contribution is -2.21. The predicted molar refractivity (Wildman–Crippen MR) is 111 cm³/mol. The minimum atomic E-state index is -5.04. The van der Waals surface area contributed by atoms with Crippen molar-refractivity contribution in [3.63, 3.8) is 0 Å². The van der Waals surface area contributed by atoms with E-state index in [0.717, 1.165) is 23.3 Å². The van der Waals surface area contributed by atoms with Crippen LogP contribution in [0.3, 0.4) is 0 Å². The second-order valence-corrected chi connectivity index (χ2v) is 8.61. The van der Waals surface area contributed by atoms with Crippen molar-refractivity contribution in [2.45, 2.75) is 17.7 Å². The molecule has 166 valence electrons. The van der Waals surface area contributed by atoms with Gasteiger partial charge in [-0.1, -0.05) is 24.3 Å². The third-order valence-electron chi connectivity index (χ3n) is 4.73. The van der Waals surface area contributed by atoms with Crippen LogP contribution in [0.4, 0.5) is 23.2 Å². The van der Waals surface area contributed by atoms with Gasteiger partial charge in [0.15, 0.2) is 0 Å². The highest BCUT2D eigenvalue weighted by Gasteiger charge is 2.34. The molecule has 0 unspecified atom stereocenters. The lowest BCUT2D eigenvalue weighted by atomic mass is 9.93. The number of nitrogens with one attached hydrogen (secondary N) is 1. The van der Waals surface area contributed by atoms with Crippen LogP contribution >= 0.6 is 0 Å². The number of anilines is 1. The second-order valence-electron chi connectivity index (χ2n) is 6.96. The fourth-order valence-electron chi connectivity index (χ4n) is 3.44. The monoisotopic (exact) mass is 464 g/mol. The zero-order valence-electron chi connectivity index (χ0n) is 16.4. The van der Waals surface area contributed by atoms with Gasteiger partial charge in [0.25, 0.3) is 10.0 Å². The van der Waals surface area contributed by atoms with E-state index in [1.54, 1.807) is 18.2 Å². The maximum absolute atomic E-state index is 13.6.